The topological polar surface area (TPSA) is 30.5 Å². The zero-order valence-corrected chi connectivity index (χ0v) is 8.01. The van der Waals surface area contributed by atoms with Crippen LogP contribution in [0.3, 0.4) is 0 Å². The average molecular weight is 173 g/mol. The van der Waals surface area contributed by atoms with E-state index >= 15 is 0 Å². The summed E-state index contributed by atoms with van der Waals surface area (Å²) in [6.07, 6.45) is 1.79. The Balaban J connectivity index is 0.000000336. The Morgan fingerprint density at radius 1 is 1.08 bits per heavy atom. The van der Waals surface area contributed by atoms with Crippen LogP contribution in [0.2, 0.25) is 0 Å². The van der Waals surface area contributed by atoms with E-state index in [0.29, 0.717) is 12.2 Å². The fraction of sp³-hybridized carbons (Fsp3) is 1.00. The molecule has 2 atom stereocenters. The highest BCUT2D eigenvalue weighted by Crippen LogP contribution is 2.15. The van der Waals surface area contributed by atoms with E-state index in [2.05, 4.69) is 5.32 Å². The third-order valence-electron chi connectivity index (χ3n) is 2.11. The molecule has 2 unspecified atom stereocenters. The number of hydrogen-bond donors (Lipinski definition) is 1. The van der Waals surface area contributed by atoms with Gasteiger partial charge in [-0.15, -0.1) is 0 Å². The first-order chi connectivity index (χ1) is 5.97. The number of fused-ring (bicyclic) bond motifs is 1. The van der Waals surface area contributed by atoms with Crippen molar-refractivity contribution in [3.8, 4) is 0 Å². The van der Waals surface area contributed by atoms with E-state index in [1.54, 1.807) is 0 Å². The van der Waals surface area contributed by atoms with Crippen molar-refractivity contribution >= 4 is 0 Å². The Bertz CT molecular complexity index is 93.1. The Kier molecular flexibility index (Phi) is 4.58. The van der Waals surface area contributed by atoms with Gasteiger partial charge in [0.05, 0.1) is 25.4 Å². The van der Waals surface area contributed by atoms with Crippen LogP contribution in [0.4, 0.5) is 0 Å². The Labute approximate surface area is 74.4 Å². The summed E-state index contributed by atoms with van der Waals surface area (Å²) < 4.78 is 11.0. The molecule has 2 aliphatic heterocycles. The highest BCUT2D eigenvalue weighted by Gasteiger charge is 2.28. The Hall–Kier alpha value is -0.120. The molecular formula is C9H19NO2. The Morgan fingerprint density at radius 3 is 2.42 bits per heavy atom. The van der Waals surface area contributed by atoms with Gasteiger partial charge in [-0.1, -0.05) is 13.8 Å². The lowest BCUT2D eigenvalue weighted by atomic mass is 10.1. The maximum absolute atomic E-state index is 5.52. The third kappa shape index (κ3) is 2.44. The number of hydrogen-bond acceptors (Lipinski definition) is 3. The van der Waals surface area contributed by atoms with Crippen LogP contribution in [0.15, 0.2) is 0 Å². The van der Waals surface area contributed by atoms with Crippen molar-refractivity contribution in [1.29, 1.82) is 0 Å². The van der Waals surface area contributed by atoms with Crippen molar-refractivity contribution in [2.24, 2.45) is 0 Å². The van der Waals surface area contributed by atoms with Crippen LogP contribution in [0.5, 0.6) is 0 Å². The lowest BCUT2D eigenvalue weighted by Crippen LogP contribution is -2.50. The molecule has 0 bridgehead atoms. The molecule has 2 aliphatic rings. The summed E-state index contributed by atoms with van der Waals surface area (Å²) in [4.78, 5) is 0. The van der Waals surface area contributed by atoms with Gasteiger partial charge in [0.2, 0.25) is 0 Å². The first-order valence-electron chi connectivity index (χ1n) is 4.91. The predicted molar refractivity (Wildman–Crippen MR) is 48.3 cm³/mol. The van der Waals surface area contributed by atoms with Gasteiger partial charge in [-0.05, 0) is 13.0 Å². The highest BCUT2D eigenvalue weighted by atomic mass is 16.6. The molecule has 2 saturated heterocycles. The molecule has 2 heterocycles. The summed E-state index contributed by atoms with van der Waals surface area (Å²) in [7, 11) is 0. The van der Waals surface area contributed by atoms with Crippen molar-refractivity contribution in [1.82, 2.24) is 5.32 Å². The SMILES string of the molecule is C1CC2OCCOC2CN1.CC. The van der Waals surface area contributed by atoms with Crippen molar-refractivity contribution in [3.63, 3.8) is 0 Å². The smallest absolute Gasteiger partial charge is 0.0962 e. The number of nitrogens with one attached hydrogen (secondary N) is 1. The maximum atomic E-state index is 5.52. The number of ether oxygens (including phenoxy) is 2. The van der Waals surface area contributed by atoms with Gasteiger partial charge in [0, 0.05) is 6.54 Å². The zero-order valence-electron chi connectivity index (χ0n) is 8.01. The fourth-order valence-electron chi connectivity index (χ4n) is 1.56. The minimum Gasteiger partial charge on any atom is -0.373 e. The van der Waals surface area contributed by atoms with Crippen LogP contribution >= 0.6 is 0 Å². The van der Waals surface area contributed by atoms with Crippen molar-refractivity contribution in [2.45, 2.75) is 32.5 Å². The molecule has 12 heavy (non-hydrogen) atoms. The minimum atomic E-state index is 0.322. The standard InChI is InChI=1S/C7H13NO2.C2H6/c1-2-8-5-7-6(1)9-3-4-10-7;1-2/h6-8H,1-5H2;1-2H3. The van der Waals surface area contributed by atoms with E-state index in [4.69, 9.17) is 9.47 Å². The van der Waals surface area contributed by atoms with Gasteiger partial charge in [0.15, 0.2) is 0 Å². The van der Waals surface area contributed by atoms with Crippen LogP contribution in [0, 0.1) is 0 Å². The second kappa shape index (κ2) is 5.51. The van der Waals surface area contributed by atoms with Gasteiger partial charge >= 0.3 is 0 Å². The second-order valence-electron chi connectivity index (χ2n) is 2.81. The van der Waals surface area contributed by atoms with Crippen molar-refractivity contribution in [3.05, 3.63) is 0 Å². The molecular weight excluding hydrogens is 154 g/mol. The zero-order chi connectivity index (χ0) is 8.81. The van der Waals surface area contributed by atoms with Gasteiger partial charge in [-0.25, -0.2) is 0 Å². The van der Waals surface area contributed by atoms with E-state index < -0.39 is 0 Å². The van der Waals surface area contributed by atoms with Crippen LogP contribution in [-0.4, -0.2) is 38.5 Å². The molecule has 0 aliphatic carbocycles. The van der Waals surface area contributed by atoms with Gasteiger partial charge in [-0.2, -0.15) is 0 Å². The lowest BCUT2D eigenvalue weighted by Gasteiger charge is -2.35. The van der Waals surface area contributed by atoms with Crippen LogP contribution in [0.25, 0.3) is 0 Å². The monoisotopic (exact) mass is 173 g/mol. The quantitative estimate of drug-likeness (QED) is 0.587. The molecule has 0 aromatic carbocycles. The van der Waals surface area contributed by atoms with E-state index in [0.717, 1.165) is 32.7 Å². The van der Waals surface area contributed by atoms with E-state index in [9.17, 15) is 0 Å². The predicted octanol–water partition coefficient (Wildman–Crippen LogP) is 0.790. The molecule has 0 aromatic rings. The van der Waals surface area contributed by atoms with Crippen molar-refractivity contribution in [2.75, 3.05) is 26.3 Å². The van der Waals surface area contributed by atoms with Gasteiger partial charge in [0.1, 0.15) is 0 Å². The summed E-state index contributed by atoms with van der Waals surface area (Å²) in [6, 6.07) is 0. The van der Waals surface area contributed by atoms with Crippen molar-refractivity contribution < 1.29 is 9.47 Å². The molecule has 1 N–H and O–H groups in total. The molecule has 0 aromatic heterocycles. The first kappa shape index (κ1) is 9.96. The van der Waals surface area contributed by atoms with Gasteiger partial charge < -0.3 is 14.8 Å². The summed E-state index contributed by atoms with van der Waals surface area (Å²) in [5, 5.41) is 3.28. The summed E-state index contributed by atoms with van der Waals surface area (Å²) in [6.45, 7) is 7.58. The largest absolute Gasteiger partial charge is 0.373 e. The van der Waals surface area contributed by atoms with Gasteiger partial charge in [0.25, 0.3) is 0 Å². The third-order valence-corrected chi connectivity index (χ3v) is 2.11. The molecule has 0 spiro atoms. The second-order valence-corrected chi connectivity index (χ2v) is 2.81. The molecule has 2 rings (SSSR count). The average Bonchev–Trinajstić information content (AvgIpc) is 2.21. The number of rotatable bonds is 0. The summed E-state index contributed by atoms with van der Waals surface area (Å²) in [5.41, 5.74) is 0. The maximum Gasteiger partial charge on any atom is 0.0962 e. The number of piperidine rings is 1. The Morgan fingerprint density at radius 2 is 1.75 bits per heavy atom. The summed E-state index contributed by atoms with van der Waals surface area (Å²) >= 11 is 0. The normalized spacial score (nSPS) is 34.5. The van der Waals surface area contributed by atoms with E-state index in [-0.39, 0.29) is 0 Å². The fourth-order valence-corrected chi connectivity index (χ4v) is 1.56. The molecule has 0 radical (unpaired) electrons. The molecule has 0 amide bonds. The van der Waals surface area contributed by atoms with E-state index in [1.807, 2.05) is 13.8 Å². The van der Waals surface area contributed by atoms with Gasteiger partial charge in [-0.3, -0.25) is 0 Å². The lowest BCUT2D eigenvalue weighted by molar-refractivity contribution is -0.148. The van der Waals surface area contributed by atoms with Crippen LogP contribution in [0.1, 0.15) is 20.3 Å². The van der Waals surface area contributed by atoms with Crippen LogP contribution in [-0.2, 0) is 9.47 Å². The minimum absolute atomic E-state index is 0.322. The molecule has 3 nitrogen and oxygen atoms in total. The molecule has 72 valence electrons. The first-order valence-corrected chi connectivity index (χ1v) is 4.91. The molecule has 2 fully saturated rings. The van der Waals surface area contributed by atoms with Crippen LogP contribution < -0.4 is 5.32 Å². The van der Waals surface area contributed by atoms with E-state index in [1.165, 1.54) is 0 Å². The molecule has 3 heteroatoms. The molecule has 0 saturated carbocycles. The highest BCUT2D eigenvalue weighted by molar-refractivity contribution is 4.81. The summed E-state index contributed by atoms with van der Waals surface area (Å²) in [5.74, 6) is 0.